The van der Waals surface area contributed by atoms with Crippen LogP contribution in [0.4, 0.5) is 22.0 Å². The fraction of sp³-hybridized carbons (Fsp3) is 0.190. The fourth-order valence-corrected chi connectivity index (χ4v) is 2.94. The van der Waals surface area contributed by atoms with Gasteiger partial charge in [0.05, 0.1) is 17.9 Å². The zero-order valence-electron chi connectivity index (χ0n) is 15.8. The van der Waals surface area contributed by atoms with Crippen LogP contribution in [0.5, 0.6) is 0 Å². The minimum atomic E-state index is -0.918. The summed E-state index contributed by atoms with van der Waals surface area (Å²) < 4.78 is 13.3. The van der Waals surface area contributed by atoms with Crippen molar-refractivity contribution in [2.24, 2.45) is 0 Å². The van der Waals surface area contributed by atoms with Crippen LogP contribution in [0.3, 0.4) is 0 Å². The minimum Gasteiger partial charge on any atom is -0.348 e. The van der Waals surface area contributed by atoms with Gasteiger partial charge in [-0.05, 0) is 24.6 Å². The van der Waals surface area contributed by atoms with Gasteiger partial charge >= 0.3 is 0 Å². The Kier molecular flexibility index (Phi) is 5.51. The summed E-state index contributed by atoms with van der Waals surface area (Å²) in [7, 11) is 0. The van der Waals surface area contributed by atoms with Crippen LogP contribution < -0.4 is 10.6 Å². The number of rotatable bonds is 6. The van der Waals surface area contributed by atoms with E-state index in [9.17, 15) is 4.39 Å². The van der Waals surface area contributed by atoms with Crippen LogP contribution in [0.25, 0.3) is 11.3 Å². The highest BCUT2D eigenvalue weighted by molar-refractivity contribution is 5.65. The highest BCUT2D eigenvalue weighted by Crippen LogP contribution is 2.24. The van der Waals surface area contributed by atoms with Crippen molar-refractivity contribution in [2.45, 2.75) is 25.6 Å². The molecule has 2 atom stereocenters. The Labute approximate surface area is 167 Å². The molecule has 0 radical (unpaired) electrons. The van der Waals surface area contributed by atoms with E-state index in [0.29, 0.717) is 29.7 Å². The number of aromatic nitrogens is 5. The molecule has 0 aliphatic heterocycles. The smallest absolute Gasteiger partial charge is 0.225 e. The Bertz CT molecular complexity index is 1020. The summed E-state index contributed by atoms with van der Waals surface area (Å²) in [4.78, 5) is 21.6. The summed E-state index contributed by atoms with van der Waals surface area (Å²) >= 11 is 0. The largest absolute Gasteiger partial charge is 0.348 e. The fourth-order valence-electron chi connectivity index (χ4n) is 2.94. The monoisotopic (exact) mass is 389 g/mol. The lowest BCUT2D eigenvalue weighted by atomic mass is 10.0. The number of nitrogens with zero attached hydrogens (tertiary/aromatic N) is 5. The molecule has 0 unspecified atom stereocenters. The second-order valence-electron chi connectivity index (χ2n) is 6.60. The van der Waals surface area contributed by atoms with E-state index in [0.717, 1.165) is 11.1 Å². The highest BCUT2D eigenvalue weighted by atomic mass is 19.1. The van der Waals surface area contributed by atoms with Crippen molar-refractivity contribution < 1.29 is 4.39 Å². The van der Waals surface area contributed by atoms with E-state index in [1.54, 1.807) is 43.1 Å². The standard InChI is InChI=1S/C21H20FN7/c1-14(15-4-6-17(22)7-5-15)26-21-27-18(16-3-2-8-23-12-16)11-19(29-21)28-20-13-24-9-10-25-20/h2-6,8-14,17H,7H2,1H3,(H2,25,26,27,28,29)/t14-,17-/m0/s1. The molecule has 1 aliphatic rings. The van der Waals surface area contributed by atoms with Crippen molar-refractivity contribution in [3.63, 3.8) is 0 Å². The molecule has 0 saturated heterocycles. The molecule has 7 nitrogen and oxygen atoms in total. The second kappa shape index (κ2) is 8.55. The predicted molar refractivity (Wildman–Crippen MR) is 110 cm³/mol. The lowest BCUT2D eigenvalue weighted by Crippen LogP contribution is -2.21. The van der Waals surface area contributed by atoms with Gasteiger partial charge in [0.15, 0.2) is 0 Å². The molecule has 0 bridgehead atoms. The molecule has 2 N–H and O–H groups in total. The van der Waals surface area contributed by atoms with Crippen molar-refractivity contribution in [3.8, 4) is 11.3 Å². The quantitative estimate of drug-likeness (QED) is 0.656. The Morgan fingerprint density at radius 2 is 2.00 bits per heavy atom. The van der Waals surface area contributed by atoms with Gasteiger partial charge in [-0.2, -0.15) is 4.98 Å². The SMILES string of the molecule is C[C@H](Nc1nc(Nc2cnccn2)cc(-c2cccnc2)n1)C1=CC[C@@H](F)C=C1. The van der Waals surface area contributed by atoms with Crippen LogP contribution in [-0.4, -0.2) is 37.1 Å². The number of hydrogen-bond acceptors (Lipinski definition) is 7. The van der Waals surface area contributed by atoms with Crippen LogP contribution in [0.1, 0.15) is 13.3 Å². The second-order valence-corrected chi connectivity index (χ2v) is 6.60. The van der Waals surface area contributed by atoms with Gasteiger partial charge in [0.1, 0.15) is 17.8 Å². The molecular formula is C21H20FN7. The van der Waals surface area contributed by atoms with Crippen LogP contribution in [0.15, 0.2) is 73.0 Å². The third kappa shape index (κ3) is 4.78. The zero-order chi connectivity index (χ0) is 20.1. The van der Waals surface area contributed by atoms with Gasteiger partial charge in [-0.1, -0.05) is 18.2 Å². The number of hydrogen-bond donors (Lipinski definition) is 2. The van der Waals surface area contributed by atoms with Crippen LogP contribution in [0, 0.1) is 0 Å². The van der Waals surface area contributed by atoms with Crippen molar-refractivity contribution in [1.29, 1.82) is 0 Å². The molecular weight excluding hydrogens is 369 g/mol. The summed E-state index contributed by atoms with van der Waals surface area (Å²) in [6, 6.07) is 5.54. The highest BCUT2D eigenvalue weighted by Gasteiger charge is 2.15. The molecule has 3 aromatic heterocycles. The van der Waals surface area contributed by atoms with Crippen molar-refractivity contribution in [1.82, 2.24) is 24.9 Å². The third-order valence-corrected chi connectivity index (χ3v) is 4.42. The molecule has 4 rings (SSSR count). The molecule has 0 amide bonds. The van der Waals surface area contributed by atoms with Crippen LogP contribution >= 0.6 is 0 Å². The van der Waals surface area contributed by atoms with Gasteiger partial charge in [0, 0.05) is 42.8 Å². The number of alkyl halides is 1. The first-order valence-electron chi connectivity index (χ1n) is 9.29. The van der Waals surface area contributed by atoms with Crippen molar-refractivity contribution in [3.05, 3.63) is 73.0 Å². The van der Waals surface area contributed by atoms with Gasteiger partial charge in [-0.15, -0.1) is 0 Å². The van der Waals surface area contributed by atoms with Crippen LogP contribution in [0.2, 0.25) is 0 Å². The molecule has 146 valence electrons. The number of pyridine rings is 1. The maximum absolute atomic E-state index is 13.3. The van der Waals surface area contributed by atoms with E-state index in [4.69, 9.17) is 0 Å². The summed E-state index contributed by atoms with van der Waals surface area (Å²) in [5, 5.41) is 6.45. The molecule has 0 aromatic carbocycles. The molecule has 8 heteroatoms. The Morgan fingerprint density at radius 1 is 1.10 bits per heavy atom. The van der Waals surface area contributed by atoms with Crippen molar-refractivity contribution >= 4 is 17.6 Å². The Morgan fingerprint density at radius 3 is 2.72 bits per heavy atom. The number of anilines is 3. The summed E-state index contributed by atoms with van der Waals surface area (Å²) in [5.74, 6) is 1.60. The molecule has 0 fully saturated rings. The van der Waals surface area contributed by atoms with E-state index in [2.05, 4.69) is 35.6 Å². The molecule has 0 saturated carbocycles. The maximum atomic E-state index is 13.3. The topological polar surface area (TPSA) is 88.5 Å². The zero-order valence-corrected chi connectivity index (χ0v) is 15.8. The van der Waals surface area contributed by atoms with E-state index in [1.807, 2.05) is 31.2 Å². The lowest BCUT2D eigenvalue weighted by Gasteiger charge is -2.19. The minimum absolute atomic E-state index is 0.0766. The van der Waals surface area contributed by atoms with Crippen molar-refractivity contribution in [2.75, 3.05) is 10.6 Å². The first-order valence-corrected chi connectivity index (χ1v) is 9.29. The number of allylic oxidation sites excluding steroid dienone is 2. The van der Waals surface area contributed by atoms with Gasteiger partial charge in [-0.3, -0.25) is 9.97 Å². The number of halogens is 1. The third-order valence-electron chi connectivity index (χ3n) is 4.42. The summed E-state index contributed by atoms with van der Waals surface area (Å²) in [6.07, 6.45) is 13.0. The lowest BCUT2D eigenvalue weighted by molar-refractivity contribution is 0.400. The first-order chi connectivity index (χ1) is 14.2. The predicted octanol–water partition coefficient (Wildman–Crippen LogP) is 4.10. The van der Waals surface area contributed by atoms with E-state index in [-0.39, 0.29) is 6.04 Å². The van der Waals surface area contributed by atoms with Crippen LogP contribution in [-0.2, 0) is 0 Å². The van der Waals surface area contributed by atoms with Gasteiger partial charge in [-0.25, -0.2) is 14.4 Å². The summed E-state index contributed by atoms with van der Waals surface area (Å²) in [5.41, 5.74) is 2.58. The van der Waals surface area contributed by atoms with Gasteiger partial charge in [0.2, 0.25) is 5.95 Å². The number of nitrogens with one attached hydrogen (secondary N) is 2. The molecule has 29 heavy (non-hydrogen) atoms. The maximum Gasteiger partial charge on any atom is 0.225 e. The Balaban J connectivity index is 1.63. The molecule has 1 aliphatic carbocycles. The molecule has 3 heterocycles. The van der Waals surface area contributed by atoms with Gasteiger partial charge in [0.25, 0.3) is 0 Å². The van der Waals surface area contributed by atoms with E-state index in [1.165, 1.54) is 0 Å². The normalized spacial score (nSPS) is 16.8. The molecule has 3 aromatic rings. The Hall–Kier alpha value is -3.68. The average molecular weight is 389 g/mol. The van der Waals surface area contributed by atoms with E-state index >= 15 is 0 Å². The molecule has 0 spiro atoms. The first kappa shape index (κ1) is 18.7. The summed E-state index contributed by atoms with van der Waals surface area (Å²) in [6.45, 7) is 1.99. The van der Waals surface area contributed by atoms with Gasteiger partial charge < -0.3 is 10.6 Å². The average Bonchev–Trinajstić information content (AvgIpc) is 2.75. The van der Waals surface area contributed by atoms with E-state index < -0.39 is 6.17 Å².